The van der Waals surface area contributed by atoms with Gasteiger partial charge in [0.1, 0.15) is 12.0 Å². The SMILES string of the molecule is CCN(CC)c1cccc(Nc2ncnc(Cl)c2N)c1. The van der Waals surface area contributed by atoms with Gasteiger partial charge in [0.15, 0.2) is 11.0 Å². The Morgan fingerprint density at radius 3 is 2.70 bits per heavy atom. The molecule has 6 heteroatoms. The molecule has 2 rings (SSSR count). The first-order chi connectivity index (χ1) is 9.65. The van der Waals surface area contributed by atoms with Gasteiger partial charge in [-0.3, -0.25) is 0 Å². The Morgan fingerprint density at radius 2 is 2.00 bits per heavy atom. The molecule has 1 aromatic heterocycles. The third-order valence-electron chi connectivity index (χ3n) is 3.07. The largest absolute Gasteiger partial charge is 0.393 e. The smallest absolute Gasteiger partial charge is 0.158 e. The number of anilines is 4. The van der Waals surface area contributed by atoms with E-state index < -0.39 is 0 Å². The fourth-order valence-electron chi connectivity index (χ4n) is 1.98. The summed E-state index contributed by atoms with van der Waals surface area (Å²) >= 11 is 5.88. The van der Waals surface area contributed by atoms with E-state index in [9.17, 15) is 0 Å². The molecule has 0 unspecified atom stereocenters. The fraction of sp³-hybridized carbons (Fsp3) is 0.286. The number of rotatable bonds is 5. The molecule has 2 aromatic rings. The predicted molar refractivity (Wildman–Crippen MR) is 84.7 cm³/mol. The number of hydrogen-bond donors (Lipinski definition) is 2. The van der Waals surface area contributed by atoms with Gasteiger partial charge in [0.25, 0.3) is 0 Å². The highest BCUT2D eigenvalue weighted by Gasteiger charge is 2.07. The molecule has 0 saturated carbocycles. The average Bonchev–Trinajstić information content (AvgIpc) is 2.46. The van der Waals surface area contributed by atoms with Crippen LogP contribution in [0.5, 0.6) is 0 Å². The van der Waals surface area contributed by atoms with Gasteiger partial charge >= 0.3 is 0 Å². The average molecular weight is 292 g/mol. The van der Waals surface area contributed by atoms with Gasteiger partial charge in [0, 0.05) is 24.5 Å². The van der Waals surface area contributed by atoms with Crippen molar-refractivity contribution in [2.45, 2.75) is 13.8 Å². The molecule has 1 heterocycles. The molecule has 0 atom stereocenters. The number of hydrogen-bond acceptors (Lipinski definition) is 5. The van der Waals surface area contributed by atoms with Gasteiger partial charge in [-0.25, -0.2) is 9.97 Å². The van der Waals surface area contributed by atoms with Gasteiger partial charge in [-0.2, -0.15) is 0 Å². The summed E-state index contributed by atoms with van der Waals surface area (Å²) in [6.07, 6.45) is 1.38. The maximum absolute atomic E-state index is 5.88. The van der Waals surface area contributed by atoms with E-state index >= 15 is 0 Å². The van der Waals surface area contributed by atoms with Crippen LogP contribution in [0.1, 0.15) is 13.8 Å². The number of halogens is 1. The van der Waals surface area contributed by atoms with Crippen LogP contribution in [0.2, 0.25) is 5.15 Å². The van der Waals surface area contributed by atoms with Crippen molar-refractivity contribution in [3.8, 4) is 0 Å². The molecule has 0 aliphatic heterocycles. The lowest BCUT2D eigenvalue weighted by atomic mass is 10.2. The van der Waals surface area contributed by atoms with Crippen molar-refractivity contribution in [1.29, 1.82) is 0 Å². The molecule has 0 aliphatic rings. The van der Waals surface area contributed by atoms with Crippen LogP contribution in [-0.2, 0) is 0 Å². The van der Waals surface area contributed by atoms with Crippen molar-refractivity contribution < 1.29 is 0 Å². The van der Waals surface area contributed by atoms with E-state index in [4.69, 9.17) is 17.3 Å². The quantitative estimate of drug-likeness (QED) is 0.827. The summed E-state index contributed by atoms with van der Waals surface area (Å²) in [7, 11) is 0. The highest BCUT2D eigenvalue weighted by molar-refractivity contribution is 6.32. The van der Waals surface area contributed by atoms with Crippen LogP contribution in [0.15, 0.2) is 30.6 Å². The zero-order valence-electron chi connectivity index (χ0n) is 11.6. The van der Waals surface area contributed by atoms with E-state index in [1.54, 1.807) is 0 Å². The predicted octanol–water partition coefficient (Wildman–Crippen LogP) is 3.30. The van der Waals surface area contributed by atoms with E-state index in [-0.39, 0.29) is 5.15 Å². The van der Waals surface area contributed by atoms with E-state index in [2.05, 4.69) is 46.2 Å². The zero-order valence-corrected chi connectivity index (χ0v) is 12.4. The third-order valence-corrected chi connectivity index (χ3v) is 3.37. The van der Waals surface area contributed by atoms with Gasteiger partial charge in [-0.15, -0.1) is 0 Å². The first-order valence-corrected chi connectivity index (χ1v) is 6.91. The summed E-state index contributed by atoms with van der Waals surface area (Å²) in [5.41, 5.74) is 8.26. The van der Waals surface area contributed by atoms with Gasteiger partial charge < -0.3 is 16.0 Å². The first kappa shape index (κ1) is 14.4. The number of benzene rings is 1. The molecule has 5 nitrogen and oxygen atoms in total. The molecule has 0 bridgehead atoms. The van der Waals surface area contributed by atoms with Crippen molar-refractivity contribution in [2.75, 3.05) is 29.0 Å². The Hall–Kier alpha value is -2.01. The highest BCUT2D eigenvalue weighted by atomic mass is 35.5. The number of nitrogen functional groups attached to an aromatic ring is 1. The van der Waals surface area contributed by atoms with Crippen LogP contribution in [0.3, 0.4) is 0 Å². The summed E-state index contributed by atoms with van der Waals surface area (Å²) in [5, 5.41) is 3.42. The van der Waals surface area contributed by atoms with Gasteiger partial charge in [0.05, 0.1) is 0 Å². The summed E-state index contributed by atoms with van der Waals surface area (Å²) in [6.45, 7) is 6.18. The monoisotopic (exact) mass is 291 g/mol. The number of nitrogens with zero attached hydrogens (tertiary/aromatic N) is 3. The van der Waals surface area contributed by atoms with Crippen molar-refractivity contribution >= 4 is 34.5 Å². The Bertz CT molecular complexity index is 584. The minimum atomic E-state index is 0.252. The van der Waals surface area contributed by atoms with Gasteiger partial charge in [-0.1, -0.05) is 17.7 Å². The molecule has 0 amide bonds. The van der Waals surface area contributed by atoms with E-state index in [1.165, 1.54) is 6.33 Å². The molecule has 0 fully saturated rings. The molecule has 20 heavy (non-hydrogen) atoms. The fourth-order valence-corrected chi connectivity index (χ4v) is 2.11. The van der Waals surface area contributed by atoms with E-state index in [0.717, 1.165) is 24.5 Å². The minimum Gasteiger partial charge on any atom is -0.393 e. The summed E-state index contributed by atoms with van der Waals surface area (Å²) in [5.74, 6) is 0.515. The Kier molecular flexibility index (Phi) is 4.63. The Morgan fingerprint density at radius 1 is 1.25 bits per heavy atom. The summed E-state index contributed by atoms with van der Waals surface area (Å²) in [4.78, 5) is 10.2. The van der Waals surface area contributed by atoms with Crippen molar-refractivity contribution in [3.63, 3.8) is 0 Å². The third kappa shape index (κ3) is 3.11. The standard InChI is InChI=1S/C14H18ClN5/c1-3-20(4-2)11-7-5-6-10(8-11)19-14-12(16)13(15)17-9-18-14/h5-9H,3-4,16H2,1-2H3,(H,17,18,19). The normalized spacial score (nSPS) is 10.3. The maximum atomic E-state index is 5.88. The molecule has 0 radical (unpaired) electrons. The molecule has 3 N–H and O–H groups in total. The second kappa shape index (κ2) is 6.43. The second-order valence-electron chi connectivity index (χ2n) is 4.27. The number of aromatic nitrogens is 2. The maximum Gasteiger partial charge on any atom is 0.158 e. The molecular weight excluding hydrogens is 274 g/mol. The lowest BCUT2D eigenvalue weighted by Gasteiger charge is -2.21. The van der Waals surface area contributed by atoms with Crippen LogP contribution in [-0.4, -0.2) is 23.1 Å². The van der Waals surface area contributed by atoms with Crippen molar-refractivity contribution in [2.24, 2.45) is 0 Å². The molecular formula is C14H18ClN5. The molecule has 1 aromatic carbocycles. The van der Waals surface area contributed by atoms with Crippen LogP contribution in [0, 0.1) is 0 Å². The summed E-state index contributed by atoms with van der Waals surface area (Å²) in [6, 6.07) is 8.09. The van der Waals surface area contributed by atoms with E-state index in [1.807, 2.05) is 12.1 Å². The number of nitrogens with two attached hydrogens (primary N) is 1. The zero-order chi connectivity index (χ0) is 14.5. The lowest BCUT2D eigenvalue weighted by Crippen LogP contribution is -2.21. The highest BCUT2D eigenvalue weighted by Crippen LogP contribution is 2.27. The van der Waals surface area contributed by atoms with Crippen LogP contribution in [0.4, 0.5) is 22.9 Å². The lowest BCUT2D eigenvalue weighted by molar-refractivity contribution is 0.866. The first-order valence-electron chi connectivity index (χ1n) is 6.53. The topological polar surface area (TPSA) is 67.1 Å². The molecule has 0 spiro atoms. The van der Waals surface area contributed by atoms with Crippen molar-refractivity contribution in [1.82, 2.24) is 9.97 Å². The second-order valence-corrected chi connectivity index (χ2v) is 4.63. The number of nitrogens with one attached hydrogen (secondary N) is 1. The molecule has 106 valence electrons. The molecule has 0 aliphatic carbocycles. The van der Waals surface area contributed by atoms with Gasteiger partial charge in [-0.05, 0) is 32.0 Å². The van der Waals surface area contributed by atoms with Crippen LogP contribution < -0.4 is 16.0 Å². The van der Waals surface area contributed by atoms with E-state index in [0.29, 0.717) is 11.5 Å². The van der Waals surface area contributed by atoms with Crippen LogP contribution >= 0.6 is 11.6 Å². The molecule has 0 saturated heterocycles. The van der Waals surface area contributed by atoms with Gasteiger partial charge in [0.2, 0.25) is 0 Å². The summed E-state index contributed by atoms with van der Waals surface area (Å²) < 4.78 is 0. The van der Waals surface area contributed by atoms with Crippen LogP contribution in [0.25, 0.3) is 0 Å². The Balaban J connectivity index is 2.26. The minimum absolute atomic E-state index is 0.252. The van der Waals surface area contributed by atoms with Crippen molar-refractivity contribution in [3.05, 3.63) is 35.7 Å². The Labute approximate surface area is 123 Å².